The highest BCUT2D eigenvalue weighted by Crippen LogP contribution is 2.29. The van der Waals surface area contributed by atoms with Crippen molar-refractivity contribution in [2.45, 2.75) is 18.9 Å². The van der Waals surface area contributed by atoms with E-state index >= 15 is 0 Å². The number of furan rings is 1. The summed E-state index contributed by atoms with van der Waals surface area (Å²) in [5.41, 5.74) is 2.02. The van der Waals surface area contributed by atoms with Gasteiger partial charge in [0.15, 0.2) is 0 Å². The van der Waals surface area contributed by atoms with E-state index in [4.69, 9.17) is 4.42 Å². The quantitative estimate of drug-likeness (QED) is 0.395. The second-order valence-electron chi connectivity index (χ2n) is 8.02. The highest BCUT2D eigenvalue weighted by molar-refractivity contribution is 7.10. The predicted molar refractivity (Wildman–Crippen MR) is 127 cm³/mol. The van der Waals surface area contributed by atoms with Gasteiger partial charge in [0.2, 0.25) is 11.7 Å². The summed E-state index contributed by atoms with van der Waals surface area (Å²) < 4.78 is 5.48. The van der Waals surface area contributed by atoms with E-state index in [9.17, 15) is 9.59 Å². The number of nitrogens with zero attached hydrogens (tertiary/aromatic N) is 3. The fourth-order valence-electron chi connectivity index (χ4n) is 4.05. The normalized spacial score (nSPS) is 15.1. The van der Waals surface area contributed by atoms with E-state index in [1.54, 1.807) is 54.5 Å². The molecule has 0 spiro atoms. The van der Waals surface area contributed by atoms with Gasteiger partial charge >= 0.3 is 0 Å². The molecule has 34 heavy (non-hydrogen) atoms. The zero-order chi connectivity index (χ0) is 23.3. The van der Waals surface area contributed by atoms with E-state index in [0.717, 1.165) is 31.5 Å². The number of thiazole rings is 1. The molecule has 5 heterocycles. The highest BCUT2D eigenvalue weighted by atomic mass is 32.1. The van der Waals surface area contributed by atoms with Crippen LogP contribution in [0.25, 0.3) is 11.3 Å². The molecule has 9 heteroatoms. The zero-order valence-corrected chi connectivity index (χ0v) is 19.1. The van der Waals surface area contributed by atoms with Gasteiger partial charge in [-0.05, 0) is 67.9 Å². The monoisotopic (exact) mass is 473 g/mol. The van der Waals surface area contributed by atoms with Crippen molar-refractivity contribution in [1.82, 2.24) is 25.6 Å². The molecule has 0 aliphatic carbocycles. The molecule has 4 aromatic heterocycles. The summed E-state index contributed by atoms with van der Waals surface area (Å²) in [6.07, 6.45) is 8.09. The number of rotatable bonds is 7. The third kappa shape index (κ3) is 4.66. The van der Waals surface area contributed by atoms with Crippen molar-refractivity contribution in [2.75, 3.05) is 13.1 Å². The van der Waals surface area contributed by atoms with Crippen molar-refractivity contribution >= 4 is 23.0 Å². The van der Waals surface area contributed by atoms with E-state index < -0.39 is 6.04 Å². The fraction of sp³-hybridized carbons (Fsp3) is 0.240. The molecule has 4 aromatic rings. The lowest BCUT2D eigenvalue weighted by Gasteiger charge is -2.25. The molecule has 2 N–H and O–H groups in total. The van der Waals surface area contributed by atoms with E-state index in [1.807, 2.05) is 12.1 Å². The number of nitrogens with one attached hydrogen (secondary N) is 2. The molecular weight excluding hydrogens is 450 g/mol. The molecule has 1 saturated heterocycles. The third-order valence-electron chi connectivity index (χ3n) is 5.85. The number of amides is 1. The van der Waals surface area contributed by atoms with Gasteiger partial charge in [0.05, 0.1) is 6.26 Å². The van der Waals surface area contributed by atoms with E-state index in [0.29, 0.717) is 16.3 Å². The number of carbonyl (C=O) groups is 2. The molecule has 8 nitrogen and oxygen atoms in total. The minimum Gasteiger partial charge on any atom is -0.464 e. The predicted octanol–water partition coefficient (Wildman–Crippen LogP) is 3.63. The number of carbonyl (C=O) groups excluding carboxylic acids is 2. The Kier molecular flexibility index (Phi) is 6.55. The number of piperidine rings is 1. The Labute approximate surface area is 200 Å². The molecule has 0 radical (unpaired) electrons. The Hall–Kier alpha value is -3.69. The molecule has 1 amide bonds. The lowest BCUT2D eigenvalue weighted by atomic mass is 9.96. The van der Waals surface area contributed by atoms with Crippen LogP contribution in [0.3, 0.4) is 0 Å². The van der Waals surface area contributed by atoms with Gasteiger partial charge in [-0.25, -0.2) is 4.98 Å². The lowest BCUT2D eigenvalue weighted by Crippen LogP contribution is -2.40. The maximum atomic E-state index is 13.3. The van der Waals surface area contributed by atoms with Gasteiger partial charge in [-0.1, -0.05) is 0 Å². The minimum absolute atomic E-state index is 0.00350. The first kappa shape index (κ1) is 22.1. The maximum absolute atomic E-state index is 13.3. The highest BCUT2D eigenvalue weighted by Gasteiger charge is 2.28. The maximum Gasteiger partial charge on any atom is 0.231 e. The molecule has 0 bridgehead atoms. The summed E-state index contributed by atoms with van der Waals surface area (Å²) in [5, 5.41) is 8.78. The summed E-state index contributed by atoms with van der Waals surface area (Å²) in [7, 11) is 0. The Bertz CT molecular complexity index is 1270. The second-order valence-corrected chi connectivity index (χ2v) is 8.91. The van der Waals surface area contributed by atoms with Gasteiger partial charge < -0.3 is 15.1 Å². The van der Waals surface area contributed by atoms with Crippen LogP contribution < -0.4 is 10.6 Å². The summed E-state index contributed by atoms with van der Waals surface area (Å²) in [4.78, 5) is 39.4. The first-order chi connectivity index (χ1) is 16.7. The molecule has 0 aromatic carbocycles. The van der Waals surface area contributed by atoms with Crippen LogP contribution in [0.2, 0.25) is 0 Å². The molecule has 172 valence electrons. The van der Waals surface area contributed by atoms with Crippen LogP contribution in [-0.2, 0) is 4.79 Å². The van der Waals surface area contributed by atoms with Crippen molar-refractivity contribution in [3.8, 4) is 11.3 Å². The Balaban J connectivity index is 1.44. The van der Waals surface area contributed by atoms with Crippen LogP contribution in [0, 0.1) is 5.92 Å². The van der Waals surface area contributed by atoms with Crippen LogP contribution in [0.4, 0.5) is 0 Å². The average molecular weight is 474 g/mol. The first-order valence-electron chi connectivity index (χ1n) is 11.1. The van der Waals surface area contributed by atoms with E-state index in [1.165, 1.54) is 11.3 Å². The van der Waals surface area contributed by atoms with Gasteiger partial charge in [0.1, 0.15) is 28.2 Å². The van der Waals surface area contributed by atoms with Crippen molar-refractivity contribution in [2.24, 2.45) is 5.92 Å². The number of hydrogen-bond donors (Lipinski definition) is 2. The smallest absolute Gasteiger partial charge is 0.231 e. The van der Waals surface area contributed by atoms with Crippen LogP contribution >= 0.6 is 11.3 Å². The number of pyridine rings is 2. The van der Waals surface area contributed by atoms with Gasteiger partial charge in [-0.3, -0.25) is 19.6 Å². The third-order valence-corrected chi connectivity index (χ3v) is 6.76. The van der Waals surface area contributed by atoms with Gasteiger partial charge in [-0.15, -0.1) is 11.3 Å². The molecule has 1 atom stereocenters. The van der Waals surface area contributed by atoms with Crippen molar-refractivity contribution in [1.29, 1.82) is 0 Å². The molecule has 1 aliphatic rings. The summed E-state index contributed by atoms with van der Waals surface area (Å²) >= 11 is 1.34. The van der Waals surface area contributed by atoms with Crippen molar-refractivity contribution < 1.29 is 14.0 Å². The van der Waals surface area contributed by atoms with Crippen LogP contribution in [0.5, 0.6) is 0 Å². The Morgan fingerprint density at radius 1 is 1.09 bits per heavy atom. The second kappa shape index (κ2) is 10.1. The standard InChI is InChI=1S/C25H23N5O3S/c31-23(22-18(3-1-9-28-22)20-4-2-14-33-20)19-15-34-25(29-19)21(16-5-10-26-11-6-16)30-24(32)17-7-12-27-13-8-17/h1-6,9-11,14-15,17,21,27H,7-8,12-13H2,(H,30,32). The van der Waals surface area contributed by atoms with Crippen LogP contribution in [-0.4, -0.2) is 39.7 Å². The van der Waals surface area contributed by atoms with Gasteiger partial charge in [0, 0.05) is 35.5 Å². The van der Waals surface area contributed by atoms with Gasteiger partial charge in [0.25, 0.3) is 0 Å². The Morgan fingerprint density at radius 2 is 1.91 bits per heavy atom. The van der Waals surface area contributed by atoms with Crippen molar-refractivity contribution in [3.63, 3.8) is 0 Å². The summed E-state index contributed by atoms with van der Waals surface area (Å²) in [6, 6.07) is 10.3. The van der Waals surface area contributed by atoms with E-state index in [-0.39, 0.29) is 29.0 Å². The summed E-state index contributed by atoms with van der Waals surface area (Å²) in [6.45, 7) is 1.66. The van der Waals surface area contributed by atoms with E-state index in [2.05, 4.69) is 25.6 Å². The first-order valence-corrected chi connectivity index (χ1v) is 12.0. The fourth-order valence-corrected chi connectivity index (χ4v) is 4.92. The molecular formula is C25H23N5O3S. The Morgan fingerprint density at radius 3 is 2.68 bits per heavy atom. The largest absolute Gasteiger partial charge is 0.464 e. The molecule has 1 aliphatic heterocycles. The zero-order valence-electron chi connectivity index (χ0n) is 18.3. The summed E-state index contributed by atoms with van der Waals surface area (Å²) in [5.74, 6) is 0.218. The minimum atomic E-state index is -0.467. The molecule has 5 rings (SSSR count). The topological polar surface area (TPSA) is 110 Å². The average Bonchev–Trinajstić information content (AvgIpc) is 3.61. The van der Waals surface area contributed by atoms with Crippen LogP contribution in [0.1, 0.15) is 45.6 Å². The van der Waals surface area contributed by atoms with Crippen LogP contribution in [0.15, 0.2) is 71.0 Å². The SMILES string of the molecule is O=C(c1csc(C(NC(=O)C2CCNCC2)c2ccncc2)n1)c1ncccc1-c1ccco1. The number of ketones is 1. The van der Waals surface area contributed by atoms with Crippen molar-refractivity contribution in [3.05, 3.63) is 88.6 Å². The molecule has 1 fully saturated rings. The van der Waals surface area contributed by atoms with Gasteiger partial charge in [-0.2, -0.15) is 0 Å². The lowest BCUT2D eigenvalue weighted by molar-refractivity contribution is -0.126. The number of hydrogen-bond acceptors (Lipinski definition) is 8. The number of aromatic nitrogens is 3. The molecule has 1 unspecified atom stereocenters. The molecule has 0 saturated carbocycles.